The zero-order chi connectivity index (χ0) is 28.2. The Morgan fingerprint density at radius 3 is 2.29 bits per heavy atom. The van der Waals surface area contributed by atoms with Crippen LogP contribution >= 0.6 is 24.0 Å². The smallest absolute Gasteiger partial charge is 0.480 e. The van der Waals surface area contributed by atoms with Crippen molar-refractivity contribution in [2.45, 2.75) is 64.7 Å². The van der Waals surface area contributed by atoms with Gasteiger partial charge in [0.1, 0.15) is 16.6 Å². The van der Waals surface area contributed by atoms with E-state index >= 15 is 0 Å². The van der Waals surface area contributed by atoms with Gasteiger partial charge in [0.2, 0.25) is 0 Å². The molecule has 1 fully saturated rings. The number of benzene rings is 2. The molecule has 202 valence electrons. The highest BCUT2D eigenvalue weighted by molar-refractivity contribution is 8.26. The molecule has 2 aromatic rings. The zero-order valence-corrected chi connectivity index (χ0v) is 23.3. The number of carbonyl (C=O) groups is 2. The third kappa shape index (κ3) is 5.61. The Bertz CT molecular complexity index is 1380. The van der Waals surface area contributed by atoms with E-state index in [9.17, 15) is 22.8 Å². The number of nitrogens with zero attached hydrogens (tertiary/aromatic N) is 1. The first-order chi connectivity index (χ1) is 17.5. The quantitative estimate of drug-likeness (QED) is 0.307. The molecule has 0 bridgehead atoms. The monoisotopic (exact) mass is 563 g/mol. The highest BCUT2D eigenvalue weighted by Gasteiger charge is 2.38. The molecular weight excluding hydrogens is 535 g/mol. The maximum Gasteiger partial charge on any atom is 0.573 e. The number of fused-ring (bicyclic) bond motifs is 1. The van der Waals surface area contributed by atoms with E-state index in [4.69, 9.17) is 17.3 Å². The van der Waals surface area contributed by atoms with Gasteiger partial charge in [-0.05, 0) is 82.7 Å². The van der Waals surface area contributed by atoms with E-state index in [0.29, 0.717) is 11.1 Å². The summed E-state index contributed by atoms with van der Waals surface area (Å²) >= 11 is 6.09. The van der Waals surface area contributed by atoms with Gasteiger partial charge in [0, 0.05) is 5.56 Å². The van der Waals surface area contributed by atoms with Crippen LogP contribution in [0.5, 0.6) is 5.75 Å². The fourth-order valence-corrected chi connectivity index (χ4v) is 6.25. The van der Waals surface area contributed by atoms with E-state index in [1.165, 1.54) is 23.8 Å². The molecule has 5 nitrogen and oxygen atoms in total. The van der Waals surface area contributed by atoms with Gasteiger partial charge >= 0.3 is 12.3 Å². The molecule has 0 radical (unpaired) electrons. The van der Waals surface area contributed by atoms with Crippen LogP contribution < -0.4 is 4.74 Å². The lowest BCUT2D eigenvalue weighted by molar-refractivity contribution is -0.274. The molecule has 1 amide bonds. The summed E-state index contributed by atoms with van der Waals surface area (Å²) in [6.45, 7) is 9.95. The number of ether oxygens (including phenoxy) is 1. The number of halogens is 3. The van der Waals surface area contributed by atoms with E-state index in [1.54, 1.807) is 6.07 Å². The molecule has 1 N–H and O–H groups in total. The van der Waals surface area contributed by atoms with Gasteiger partial charge in [0.05, 0.1) is 4.91 Å². The van der Waals surface area contributed by atoms with Gasteiger partial charge in [-0.1, -0.05) is 63.8 Å². The molecule has 1 aliphatic carbocycles. The number of alkyl halides is 3. The van der Waals surface area contributed by atoms with E-state index < -0.39 is 24.8 Å². The number of rotatable bonds is 5. The average Bonchev–Trinajstić information content (AvgIpc) is 3.04. The van der Waals surface area contributed by atoms with Crippen LogP contribution in [-0.4, -0.2) is 39.1 Å². The molecule has 1 heterocycles. The lowest BCUT2D eigenvalue weighted by Gasteiger charge is -2.42. The average molecular weight is 564 g/mol. The number of carbonyl (C=O) groups excluding carboxylic acids is 1. The summed E-state index contributed by atoms with van der Waals surface area (Å²) in [5.41, 5.74) is 4.19. The molecule has 0 saturated carbocycles. The minimum Gasteiger partial charge on any atom is -0.480 e. The fourth-order valence-electron chi connectivity index (χ4n) is 5.00. The van der Waals surface area contributed by atoms with Crippen molar-refractivity contribution in [1.29, 1.82) is 0 Å². The molecule has 2 aromatic carbocycles. The van der Waals surface area contributed by atoms with Crippen LogP contribution in [0.1, 0.15) is 62.8 Å². The second-order valence-corrected chi connectivity index (χ2v) is 12.6. The molecule has 0 spiro atoms. The molecule has 0 atom stereocenters. The number of aryl methyl sites for hydroxylation is 1. The molecule has 0 unspecified atom stereocenters. The predicted molar refractivity (Wildman–Crippen MR) is 146 cm³/mol. The summed E-state index contributed by atoms with van der Waals surface area (Å²) in [7, 11) is 0. The van der Waals surface area contributed by atoms with E-state index in [-0.39, 0.29) is 31.4 Å². The highest BCUT2D eigenvalue weighted by Crippen LogP contribution is 2.49. The largest absolute Gasteiger partial charge is 0.573 e. The zero-order valence-electron chi connectivity index (χ0n) is 21.7. The minimum atomic E-state index is -4.89. The van der Waals surface area contributed by atoms with Crippen molar-refractivity contribution in [3.63, 3.8) is 0 Å². The standard InChI is InChI=1S/C28H28F3NO4S2/c1-15-10-19-20(27(4,5)9-8-26(19,2)3)13-17(15)18-11-16(6-7-21(18)36-28(29,30)31)12-22-24(35)32(14-23(33)34)25(37)38-22/h6-7,10-13H,8-9,14H2,1-5H3,(H,33,34)/b22-12-. The van der Waals surface area contributed by atoms with Gasteiger partial charge in [-0.15, -0.1) is 13.2 Å². The number of hydrogen-bond donors (Lipinski definition) is 1. The van der Waals surface area contributed by atoms with Gasteiger partial charge in [0.15, 0.2) is 0 Å². The number of thioether (sulfide) groups is 1. The van der Waals surface area contributed by atoms with E-state index in [0.717, 1.165) is 40.6 Å². The maximum absolute atomic E-state index is 13.4. The summed E-state index contributed by atoms with van der Waals surface area (Å²) in [5, 5.41) is 9.06. The second-order valence-electron chi connectivity index (χ2n) is 10.9. The number of thiocarbonyl (C=S) groups is 1. The van der Waals surface area contributed by atoms with Crippen molar-refractivity contribution in [2.75, 3.05) is 6.54 Å². The van der Waals surface area contributed by atoms with Crippen molar-refractivity contribution in [1.82, 2.24) is 4.90 Å². The SMILES string of the molecule is Cc1cc2c(cc1-c1cc(/C=C3\SC(=S)N(CC(=O)O)C3=O)ccc1OC(F)(F)F)C(C)(C)CCC2(C)C. The summed E-state index contributed by atoms with van der Waals surface area (Å²) in [6, 6.07) is 8.25. The van der Waals surface area contributed by atoms with Gasteiger partial charge in [0.25, 0.3) is 5.91 Å². The Morgan fingerprint density at radius 1 is 1.11 bits per heavy atom. The molecule has 0 aromatic heterocycles. The van der Waals surface area contributed by atoms with Gasteiger partial charge in [-0.2, -0.15) is 0 Å². The molecule has 1 saturated heterocycles. The van der Waals surface area contributed by atoms with Crippen LogP contribution in [0.15, 0.2) is 35.2 Å². The molecule has 2 aliphatic rings. The van der Waals surface area contributed by atoms with Gasteiger partial charge in [-0.25, -0.2) is 0 Å². The van der Waals surface area contributed by atoms with Crippen molar-refractivity contribution in [3.8, 4) is 16.9 Å². The number of aliphatic carboxylic acids is 1. The molecule has 38 heavy (non-hydrogen) atoms. The number of hydrogen-bond acceptors (Lipinski definition) is 5. The van der Waals surface area contributed by atoms with Crippen LogP contribution in [0.2, 0.25) is 0 Å². The van der Waals surface area contributed by atoms with E-state index in [2.05, 4.69) is 38.5 Å². The molecule has 4 rings (SSSR count). The van der Waals surface area contributed by atoms with E-state index in [1.807, 2.05) is 13.0 Å². The van der Waals surface area contributed by atoms with Crippen molar-refractivity contribution in [2.24, 2.45) is 0 Å². The number of carboxylic acid groups (broad SMARTS) is 1. The van der Waals surface area contributed by atoms with Crippen LogP contribution in [0, 0.1) is 6.92 Å². The lowest BCUT2D eigenvalue weighted by Crippen LogP contribution is -2.34. The van der Waals surface area contributed by atoms with Crippen molar-refractivity contribution >= 4 is 46.3 Å². The second kappa shape index (κ2) is 9.72. The number of amides is 1. The first-order valence-corrected chi connectivity index (χ1v) is 13.2. The normalized spacial score (nSPS) is 19.6. The van der Waals surface area contributed by atoms with Gasteiger partial charge in [-0.3, -0.25) is 14.5 Å². The minimum absolute atomic E-state index is 0.0635. The molecule has 10 heteroatoms. The first kappa shape index (κ1) is 28.2. The number of carboxylic acids is 1. The highest BCUT2D eigenvalue weighted by atomic mass is 32.2. The topological polar surface area (TPSA) is 66.8 Å². The molecule has 1 aliphatic heterocycles. The van der Waals surface area contributed by atoms with Crippen LogP contribution in [-0.2, 0) is 20.4 Å². The first-order valence-electron chi connectivity index (χ1n) is 12.0. The van der Waals surface area contributed by atoms with Crippen LogP contribution in [0.4, 0.5) is 13.2 Å². The van der Waals surface area contributed by atoms with Crippen molar-refractivity contribution < 1.29 is 32.6 Å². The summed E-state index contributed by atoms with van der Waals surface area (Å²) in [6.07, 6.45) is -1.44. The van der Waals surface area contributed by atoms with Crippen molar-refractivity contribution in [3.05, 3.63) is 57.5 Å². The Labute approximate surface area is 229 Å². The fraction of sp³-hybridized carbons (Fsp3) is 0.393. The van der Waals surface area contributed by atoms with Crippen LogP contribution in [0.3, 0.4) is 0 Å². The lowest BCUT2D eigenvalue weighted by atomic mass is 9.62. The molecular formula is C28H28F3NO4S2. The Hall–Kier alpha value is -2.85. The maximum atomic E-state index is 13.4. The summed E-state index contributed by atoms with van der Waals surface area (Å²) in [4.78, 5) is 25.0. The van der Waals surface area contributed by atoms with Crippen LogP contribution in [0.25, 0.3) is 17.2 Å². The third-order valence-electron chi connectivity index (χ3n) is 7.18. The Kier molecular flexibility index (Phi) is 7.20. The third-order valence-corrected chi connectivity index (χ3v) is 8.56. The summed E-state index contributed by atoms with van der Waals surface area (Å²) < 4.78 is 44.6. The Balaban J connectivity index is 1.86. The summed E-state index contributed by atoms with van der Waals surface area (Å²) in [5.74, 6) is -2.11. The van der Waals surface area contributed by atoms with Gasteiger partial charge < -0.3 is 9.84 Å². The Morgan fingerprint density at radius 2 is 1.71 bits per heavy atom. The predicted octanol–water partition coefficient (Wildman–Crippen LogP) is 7.20.